The van der Waals surface area contributed by atoms with Crippen molar-refractivity contribution in [3.8, 4) is 0 Å². The van der Waals surface area contributed by atoms with Crippen LogP contribution in [0.3, 0.4) is 0 Å². The molecule has 6 heteroatoms. The van der Waals surface area contributed by atoms with Crippen LogP contribution in [0.1, 0.15) is 26.2 Å². The molecule has 0 saturated heterocycles. The first-order chi connectivity index (χ1) is 8.69. The summed E-state index contributed by atoms with van der Waals surface area (Å²) in [5.74, 6) is 1.36. The van der Waals surface area contributed by atoms with Gasteiger partial charge in [0.2, 0.25) is 5.95 Å². The van der Waals surface area contributed by atoms with Gasteiger partial charge in [0.15, 0.2) is 5.82 Å². The lowest BCUT2D eigenvalue weighted by Gasteiger charge is -2.14. The number of thioether (sulfide) groups is 1. The number of nitrogens with one attached hydrogen (secondary N) is 2. The van der Waals surface area contributed by atoms with E-state index in [0.29, 0.717) is 15.7 Å². The number of halogens is 1. The molecule has 2 rings (SSSR count). The molecule has 1 aliphatic carbocycles. The first-order valence-corrected chi connectivity index (χ1v) is 7.85. The lowest BCUT2D eigenvalue weighted by molar-refractivity contribution is 0.927. The van der Waals surface area contributed by atoms with E-state index < -0.39 is 0 Å². The van der Waals surface area contributed by atoms with Gasteiger partial charge in [-0.05, 0) is 25.5 Å². The molecular formula is C12H19ClN4S. The van der Waals surface area contributed by atoms with Gasteiger partial charge in [-0.1, -0.05) is 18.5 Å². The van der Waals surface area contributed by atoms with Gasteiger partial charge in [0.1, 0.15) is 5.02 Å². The number of aromatic nitrogens is 2. The number of anilines is 2. The molecule has 1 aromatic rings. The molecule has 0 amide bonds. The second-order valence-corrected chi connectivity index (χ2v) is 6.24. The highest BCUT2D eigenvalue weighted by molar-refractivity contribution is 8.00. The van der Waals surface area contributed by atoms with Crippen molar-refractivity contribution in [2.24, 2.45) is 0 Å². The van der Waals surface area contributed by atoms with Crippen molar-refractivity contribution in [2.75, 3.05) is 30.0 Å². The Morgan fingerprint density at radius 1 is 1.44 bits per heavy atom. The topological polar surface area (TPSA) is 49.8 Å². The molecular weight excluding hydrogens is 268 g/mol. The summed E-state index contributed by atoms with van der Waals surface area (Å²) in [4.78, 5) is 8.56. The molecule has 1 heterocycles. The molecule has 1 saturated carbocycles. The van der Waals surface area contributed by atoms with Crippen LogP contribution in [-0.4, -0.2) is 34.1 Å². The summed E-state index contributed by atoms with van der Waals surface area (Å²) in [6, 6.07) is 0. The fraction of sp³-hybridized carbons (Fsp3) is 0.667. The summed E-state index contributed by atoms with van der Waals surface area (Å²) in [7, 11) is 0. The summed E-state index contributed by atoms with van der Waals surface area (Å²) >= 11 is 8.02. The minimum absolute atomic E-state index is 0.394. The SMILES string of the molecule is CCCNc1ncc(Cl)c(NCC2(SC)CC2)n1. The zero-order chi connectivity index (χ0) is 13.0. The van der Waals surface area contributed by atoms with Gasteiger partial charge in [-0.15, -0.1) is 0 Å². The highest BCUT2D eigenvalue weighted by Crippen LogP contribution is 2.47. The van der Waals surface area contributed by atoms with Crippen molar-refractivity contribution in [1.82, 2.24) is 9.97 Å². The third-order valence-corrected chi connectivity index (χ3v) is 4.79. The number of hydrogen-bond acceptors (Lipinski definition) is 5. The molecule has 1 aliphatic rings. The van der Waals surface area contributed by atoms with Crippen molar-refractivity contribution in [2.45, 2.75) is 30.9 Å². The molecule has 1 fully saturated rings. The van der Waals surface area contributed by atoms with Crippen LogP contribution in [0.15, 0.2) is 6.20 Å². The Morgan fingerprint density at radius 2 is 2.22 bits per heavy atom. The fourth-order valence-corrected chi connectivity index (χ4v) is 2.54. The minimum Gasteiger partial charge on any atom is -0.367 e. The van der Waals surface area contributed by atoms with E-state index in [4.69, 9.17) is 11.6 Å². The Morgan fingerprint density at radius 3 is 2.83 bits per heavy atom. The maximum Gasteiger partial charge on any atom is 0.224 e. The standard InChI is InChI=1S/C12H19ClN4S/c1-3-6-14-11-15-7-9(13)10(17-11)16-8-12(18-2)4-5-12/h7H,3-6,8H2,1-2H3,(H2,14,15,16,17). The molecule has 100 valence electrons. The number of hydrogen-bond donors (Lipinski definition) is 2. The second kappa shape index (κ2) is 5.97. The van der Waals surface area contributed by atoms with Gasteiger partial charge in [0.25, 0.3) is 0 Å². The summed E-state index contributed by atoms with van der Waals surface area (Å²) < 4.78 is 0.394. The molecule has 2 N–H and O–H groups in total. The average molecular weight is 287 g/mol. The van der Waals surface area contributed by atoms with E-state index in [1.807, 2.05) is 11.8 Å². The van der Waals surface area contributed by atoms with E-state index in [-0.39, 0.29) is 0 Å². The molecule has 0 aliphatic heterocycles. The normalized spacial score (nSPS) is 16.4. The summed E-state index contributed by atoms with van der Waals surface area (Å²) in [6.45, 7) is 3.89. The van der Waals surface area contributed by atoms with Gasteiger partial charge >= 0.3 is 0 Å². The van der Waals surface area contributed by atoms with E-state index in [1.54, 1.807) is 6.20 Å². The molecule has 0 bridgehead atoms. The van der Waals surface area contributed by atoms with Crippen LogP contribution in [0, 0.1) is 0 Å². The molecule has 0 radical (unpaired) electrons. The predicted octanol–water partition coefficient (Wildman–Crippen LogP) is 3.26. The zero-order valence-corrected chi connectivity index (χ0v) is 12.4. The Balaban J connectivity index is 1.97. The van der Waals surface area contributed by atoms with Crippen LogP contribution in [0.2, 0.25) is 5.02 Å². The smallest absolute Gasteiger partial charge is 0.224 e. The quantitative estimate of drug-likeness (QED) is 0.806. The van der Waals surface area contributed by atoms with Gasteiger partial charge in [-0.2, -0.15) is 16.7 Å². The van der Waals surface area contributed by atoms with Gasteiger partial charge in [0, 0.05) is 17.8 Å². The van der Waals surface area contributed by atoms with E-state index in [9.17, 15) is 0 Å². The van der Waals surface area contributed by atoms with Gasteiger partial charge in [-0.3, -0.25) is 0 Å². The van der Waals surface area contributed by atoms with Crippen LogP contribution in [0.5, 0.6) is 0 Å². The van der Waals surface area contributed by atoms with Gasteiger partial charge in [0.05, 0.1) is 6.20 Å². The van der Waals surface area contributed by atoms with Crippen molar-refractivity contribution >= 4 is 35.1 Å². The van der Waals surface area contributed by atoms with E-state index in [1.165, 1.54) is 12.8 Å². The van der Waals surface area contributed by atoms with Crippen molar-refractivity contribution < 1.29 is 0 Å². The Bertz CT molecular complexity index is 409. The molecule has 0 unspecified atom stereocenters. The molecule has 18 heavy (non-hydrogen) atoms. The Hall–Kier alpha value is -0.680. The summed E-state index contributed by atoms with van der Waals surface area (Å²) in [6.07, 6.45) is 7.39. The molecule has 0 aromatic carbocycles. The van der Waals surface area contributed by atoms with Crippen molar-refractivity contribution in [3.63, 3.8) is 0 Å². The second-order valence-electron chi connectivity index (χ2n) is 4.56. The van der Waals surface area contributed by atoms with Crippen LogP contribution in [0.4, 0.5) is 11.8 Å². The lowest BCUT2D eigenvalue weighted by Crippen LogP contribution is -2.18. The highest BCUT2D eigenvalue weighted by Gasteiger charge is 2.41. The largest absolute Gasteiger partial charge is 0.367 e. The zero-order valence-electron chi connectivity index (χ0n) is 10.8. The monoisotopic (exact) mass is 286 g/mol. The van der Waals surface area contributed by atoms with Crippen molar-refractivity contribution in [3.05, 3.63) is 11.2 Å². The molecule has 0 spiro atoms. The third-order valence-electron chi connectivity index (χ3n) is 3.10. The predicted molar refractivity (Wildman–Crippen MR) is 79.8 cm³/mol. The van der Waals surface area contributed by atoms with Crippen LogP contribution < -0.4 is 10.6 Å². The molecule has 1 aromatic heterocycles. The van der Waals surface area contributed by atoms with E-state index in [2.05, 4.69) is 33.8 Å². The summed E-state index contributed by atoms with van der Waals surface area (Å²) in [5.41, 5.74) is 0. The van der Waals surface area contributed by atoms with Crippen LogP contribution in [-0.2, 0) is 0 Å². The third kappa shape index (κ3) is 3.42. The highest BCUT2D eigenvalue weighted by atomic mass is 35.5. The maximum atomic E-state index is 6.10. The lowest BCUT2D eigenvalue weighted by atomic mass is 10.4. The van der Waals surface area contributed by atoms with E-state index >= 15 is 0 Å². The number of nitrogens with zero attached hydrogens (tertiary/aromatic N) is 2. The van der Waals surface area contributed by atoms with E-state index in [0.717, 1.165) is 25.3 Å². The Labute approximate surface area is 117 Å². The first-order valence-electron chi connectivity index (χ1n) is 6.24. The van der Waals surface area contributed by atoms with Crippen molar-refractivity contribution in [1.29, 1.82) is 0 Å². The number of rotatable bonds is 7. The fourth-order valence-electron chi connectivity index (χ4n) is 1.65. The maximum absolute atomic E-state index is 6.10. The van der Waals surface area contributed by atoms with Gasteiger partial charge < -0.3 is 10.6 Å². The van der Waals surface area contributed by atoms with Crippen LogP contribution in [0.25, 0.3) is 0 Å². The first kappa shape index (κ1) is 13.7. The molecule has 4 nitrogen and oxygen atoms in total. The minimum atomic E-state index is 0.394. The Kier molecular flexibility index (Phi) is 4.56. The molecule has 0 atom stereocenters. The summed E-state index contributed by atoms with van der Waals surface area (Å²) in [5, 5.41) is 7.08. The average Bonchev–Trinajstić information content (AvgIpc) is 3.17. The van der Waals surface area contributed by atoms with Crippen LogP contribution >= 0.6 is 23.4 Å². The van der Waals surface area contributed by atoms with Gasteiger partial charge in [-0.25, -0.2) is 4.98 Å².